The van der Waals surface area contributed by atoms with Crippen molar-refractivity contribution in [2.24, 2.45) is 0 Å². The number of benzene rings is 3. The van der Waals surface area contributed by atoms with Crippen LogP contribution in [0.2, 0.25) is 5.02 Å². The van der Waals surface area contributed by atoms with Crippen LogP contribution in [0.25, 0.3) is 10.8 Å². The van der Waals surface area contributed by atoms with E-state index in [1.807, 2.05) is 6.07 Å². The average Bonchev–Trinajstić information content (AvgIpc) is 3.02. The highest BCUT2D eigenvalue weighted by atomic mass is 35.5. The fourth-order valence-electron chi connectivity index (χ4n) is 3.36. The minimum atomic E-state index is -0.436. The zero-order valence-corrected chi connectivity index (χ0v) is 14.2. The first-order chi connectivity index (χ1) is 12.1. The fourth-order valence-corrected chi connectivity index (χ4v) is 3.58. The molecule has 0 atom stereocenters. The summed E-state index contributed by atoms with van der Waals surface area (Å²) in [5.41, 5.74) is 4.05. The van der Waals surface area contributed by atoms with Crippen molar-refractivity contribution < 1.29 is 9.18 Å². The molecule has 0 saturated carbocycles. The normalized spacial score (nSPS) is 12.4. The van der Waals surface area contributed by atoms with E-state index in [1.165, 1.54) is 34.7 Å². The maximum absolute atomic E-state index is 13.1. The van der Waals surface area contributed by atoms with Gasteiger partial charge in [0.1, 0.15) is 5.82 Å². The Morgan fingerprint density at radius 2 is 1.80 bits per heavy atom. The minimum absolute atomic E-state index is 0.104. The van der Waals surface area contributed by atoms with E-state index < -0.39 is 5.82 Å². The molecule has 3 aromatic carbocycles. The van der Waals surface area contributed by atoms with E-state index in [-0.39, 0.29) is 17.5 Å². The summed E-state index contributed by atoms with van der Waals surface area (Å²) in [4.78, 5) is 12.2. The van der Waals surface area contributed by atoms with Crippen molar-refractivity contribution in [2.45, 2.75) is 12.8 Å². The summed E-state index contributed by atoms with van der Waals surface area (Å²) >= 11 is 5.94. The van der Waals surface area contributed by atoms with E-state index in [4.69, 9.17) is 11.6 Å². The van der Waals surface area contributed by atoms with Crippen molar-refractivity contribution in [1.29, 1.82) is 0 Å². The summed E-state index contributed by atoms with van der Waals surface area (Å²) in [5.74, 6) is -0.675. The van der Waals surface area contributed by atoms with Crippen molar-refractivity contribution in [3.05, 3.63) is 70.5 Å². The maximum atomic E-state index is 13.1. The summed E-state index contributed by atoms with van der Waals surface area (Å²) < 4.78 is 13.1. The highest BCUT2D eigenvalue weighted by Crippen LogP contribution is 2.34. The Balaban J connectivity index is 1.50. The van der Waals surface area contributed by atoms with Gasteiger partial charge in [-0.05, 0) is 53.6 Å². The molecule has 0 aromatic heterocycles. The van der Waals surface area contributed by atoms with Crippen molar-refractivity contribution in [3.8, 4) is 0 Å². The van der Waals surface area contributed by atoms with Gasteiger partial charge in [0.15, 0.2) is 0 Å². The molecule has 2 N–H and O–H groups in total. The zero-order chi connectivity index (χ0) is 17.4. The highest BCUT2D eigenvalue weighted by Gasteiger charge is 2.16. The fraction of sp³-hybridized carbons (Fsp3) is 0.150. The molecular weight excluding hydrogens is 339 g/mol. The Labute approximate surface area is 149 Å². The second kappa shape index (κ2) is 6.37. The molecule has 126 valence electrons. The number of hydrogen-bond acceptors (Lipinski definition) is 2. The van der Waals surface area contributed by atoms with Crippen LogP contribution in [0.1, 0.15) is 11.1 Å². The standard InChI is InChI=1S/C20H16ClFN2O/c21-16-10-14(22)7-9-18(16)24-19(25)11-23-17-8-6-13-5-4-12-2-1-3-15(17)20(12)13/h1-3,6-10,23H,4-5,11H2,(H,24,25). The number of hydrogen-bond donors (Lipinski definition) is 2. The molecule has 25 heavy (non-hydrogen) atoms. The number of amides is 1. The van der Waals surface area contributed by atoms with Gasteiger partial charge in [0.25, 0.3) is 0 Å². The Morgan fingerprint density at radius 3 is 2.60 bits per heavy atom. The van der Waals surface area contributed by atoms with Crippen LogP contribution in [0.5, 0.6) is 0 Å². The lowest BCUT2D eigenvalue weighted by molar-refractivity contribution is -0.114. The molecule has 0 unspecified atom stereocenters. The second-order valence-electron chi connectivity index (χ2n) is 6.14. The molecule has 0 fully saturated rings. The topological polar surface area (TPSA) is 41.1 Å². The molecule has 1 amide bonds. The Bertz CT molecular complexity index is 977. The van der Waals surface area contributed by atoms with E-state index in [0.29, 0.717) is 5.69 Å². The van der Waals surface area contributed by atoms with Gasteiger partial charge in [-0.2, -0.15) is 0 Å². The lowest BCUT2D eigenvalue weighted by Crippen LogP contribution is -2.22. The lowest BCUT2D eigenvalue weighted by Gasteiger charge is -2.12. The van der Waals surface area contributed by atoms with Crippen LogP contribution in [-0.4, -0.2) is 12.5 Å². The number of nitrogens with one attached hydrogen (secondary N) is 2. The first kappa shape index (κ1) is 15.9. The van der Waals surface area contributed by atoms with Crippen molar-refractivity contribution in [1.82, 2.24) is 0 Å². The van der Waals surface area contributed by atoms with Gasteiger partial charge in [-0.1, -0.05) is 35.9 Å². The molecule has 4 rings (SSSR count). The van der Waals surface area contributed by atoms with Gasteiger partial charge in [-0.25, -0.2) is 4.39 Å². The third-order valence-corrected chi connectivity index (χ3v) is 4.83. The molecular formula is C20H16ClFN2O. The first-order valence-electron chi connectivity index (χ1n) is 8.14. The number of aryl methyl sites for hydroxylation is 2. The number of anilines is 2. The zero-order valence-electron chi connectivity index (χ0n) is 13.4. The molecule has 0 heterocycles. The largest absolute Gasteiger partial charge is 0.376 e. The highest BCUT2D eigenvalue weighted by molar-refractivity contribution is 6.33. The number of rotatable bonds is 4. The van der Waals surface area contributed by atoms with Gasteiger partial charge >= 0.3 is 0 Å². The monoisotopic (exact) mass is 354 g/mol. The molecule has 3 nitrogen and oxygen atoms in total. The van der Waals surface area contributed by atoms with Crippen molar-refractivity contribution >= 4 is 39.7 Å². The smallest absolute Gasteiger partial charge is 0.243 e. The Hall–Kier alpha value is -2.59. The van der Waals surface area contributed by atoms with Gasteiger partial charge in [-0.3, -0.25) is 4.79 Å². The molecule has 0 aliphatic heterocycles. The molecule has 0 saturated heterocycles. The van der Waals surface area contributed by atoms with E-state index in [0.717, 1.165) is 23.9 Å². The molecule has 0 radical (unpaired) electrons. The summed E-state index contributed by atoms with van der Waals surface area (Å²) in [6, 6.07) is 14.3. The SMILES string of the molecule is O=C(CNc1ccc2c3c(cccc13)CC2)Nc1ccc(F)cc1Cl. The third kappa shape index (κ3) is 3.05. The van der Waals surface area contributed by atoms with Crippen LogP contribution in [0.15, 0.2) is 48.5 Å². The van der Waals surface area contributed by atoms with Crippen LogP contribution >= 0.6 is 11.6 Å². The van der Waals surface area contributed by atoms with Crippen LogP contribution in [0, 0.1) is 5.82 Å². The summed E-state index contributed by atoms with van der Waals surface area (Å²) in [7, 11) is 0. The number of carbonyl (C=O) groups excluding carboxylic acids is 1. The van der Waals surface area contributed by atoms with Gasteiger partial charge in [0, 0.05) is 11.1 Å². The van der Waals surface area contributed by atoms with Gasteiger partial charge in [0.05, 0.1) is 17.3 Å². The predicted molar refractivity (Wildman–Crippen MR) is 99.9 cm³/mol. The molecule has 5 heteroatoms. The number of carbonyl (C=O) groups is 1. The Morgan fingerprint density at radius 1 is 1.04 bits per heavy atom. The Kier molecular flexibility index (Phi) is 4.06. The van der Waals surface area contributed by atoms with E-state index in [1.54, 1.807) is 0 Å². The molecule has 0 bridgehead atoms. The molecule has 1 aliphatic carbocycles. The van der Waals surface area contributed by atoms with E-state index >= 15 is 0 Å². The molecule has 1 aliphatic rings. The third-order valence-electron chi connectivity index (χ3n) is 4.52. The van der Waals surface area contributed by atoms with Crippen LogP contribution in [0.3, 0.4) is 0 Å². The number of halogens is 2. The quantitative estimate of drug-likeness (QED) is 0.707. The van der Waals surface area contributed by atoms with Gasteiger partial charge in [0.2, 0.25) is 5.91 Å². The summed E-state index contributed by atoms with van der Waals surface area (Å²) in [6.45, 7) is 0.104. The van der Waals surface area contributed by atoms with Crippen molar-refractivity contribution in [3.63, 3.8) is 0 Å². The van der Waals surface area contributed by atoms with Crippen LogP contribution in [0.4, 0.5) is 15.8 Å². The van der Waals surface area contributed by atoms with Crippen molar-refractivity contribution in [2.75, 3.05) is 17.2 Å². The predicted octanol–water partition coefficient (Wildman–Crippen LogP) is 4.78. The van der Waals surface area contributed by atoms with Gasteiger partial charge in [-0.15, -0.1) is 0 Å². The summed E-state index contributed by atoms with van der Waals surface area (Å²) in [5, 5.41) is 8.50. The average molecular weight is 355 g/mol. The van der Waals surface area contributed by atoms with Crippen LogP contribution in [-0.2, 0) is 17.6 Å². The lowest BCUT2D eigenvalue weighted by atomic mass is 10.0. The summed E-state index contributed by atoms with van der Waals surface area (Å²) in [6.07, 6.45) is 2.14. The second-order valence-corrected chi connectivity index (χ2v) is 6.55. The molecule has 0 spiro atoms. The van der Waals surface area contributed by atoms with E-state index in [2.05, 4.69) is 34.9 Å². The van der Waals surface area contributed by atoms with Gasteiger partial charge < -0.3 is 10.6 Å². The van der Waals surface area contributed by atoms with Crippen LogP contribution < -0.4 is 10.6 Å². The molecule has 3 aromatic rings. The van der Waals surface area contributed by atoms with E-state index in [9.17, 15) is 9.18 Å². The minimum Gasteiger partial charge on any atom is -0.376 e. The first-order valence-corrected chi connectivity index (χ1v) is 8.52. The maximum Gasteiger partial charge on any atom is 0.243 e.